The maximum atomic E-state index is 6.93. The van der Waals surface area contributed by atoms with Crippen molar-refractivity contribution in [3.05, 3.63) is 96.6 Å². The quantitative estimate of drug-likeness (QED) is 0.482. The monoisotopic (exact) mass is 404 g/mol. The second-order valence-electron chi connectivity index (χ2n) is 8.58. The van der Waals surface area contributed by atoms with Crippen LogP contribution in [0.4, 0.5) is 0 Å². The van der Waals surface area contributed by atoms with E-state index < -0.39 is 8.32 Å². The highest BCUT2D eigenvalue weighted by Crippen LogP contribution is 2.36. The zero-order valence-corrected chi connectivity index (χ0v) is 19.0. The summed E-state index contributed by atoms with van der Waals surface area (Å²) < 4.78 is 13.0. The van der Waals surface area contributed by atoms with Gasteiger partial charge in [0, 0.05) is 0 Å². The van der Waals surface area contributed by atoms with Crippen LogP contribution in [-0.4, -0.2) is 21.0 Å². The Morgan fingerprint density at radius 2 is 1.17 bits per heavy atom. The Bertz CT molecular complexity index is 818. The van der Waals surface area contributed by atoms with Gasteiger partial charge in [0.2, 0.25) is 0 Å². The van der Waals surface area contributed by atoms with Crippen LogP contribution in [0.1, 0.15) is 33.3 Å². The summed E-state index contributed by atoms with van der Waals surface area (Å²) in [4.78, 5) is 0. The molecule has 0 spiro atoms. The number of hydrogen-bond donors (Lipinski definition) is 0. The highest BCUT2D eigenvalue weighted by atomic mass is 28.4. The van der Waals surface area contributed by atoms with Gasteiger partial charge in [-0.15, -0.1) is 0 Å². The summed E-state index contributed by atoms with van der Waals surface area (Å²) in [5.41, 5.74) is 1.18. The van der Waals surface area contributed by atoms with E-state index >= 15 is 0 Å². The Hall–Kier alpha value is -2.20. The molecule has 3 rings (SSSR count). The second kappa shape index (κ2) is 9.53. The maximum Gasteiger partial charge on any atom is 0.261 e. The van der Waals surface area contributed by atoms with Crippen LogP contribution in [0.5, 0.6) is 0 Å². The van der Waals surface area contributed by atoms with E-state index in [9.17, 15) is 0 Å². The number of benzene rings is 3. The Morgan fingerprint density at radius 1 is 0.724 bits per heavy atom. The van der Waals surface area contributed by atoms with Crippen LogP contribution >= 0.6 is 0 Å². The summed E-state index contributed by atoms with van der Waals surface area (Å²) in [5, 5.41) is 2.58. The highest BCUT2D eigenvalue weighted by Gasteiger charge is 2.50. The van der Waals surface area contributed by atoms with Crippen LogP contribution in [0.2, 0.25) is 5.04 Å². The van der Waals surface area contributed by atoms with Gasteiger partial charge >= 0.3 is 0 Å². The lowest BCUT2D eigenvalue weighted by molar-refractivity contribution is 0.0189. The molecule has 0 saturated heterocycles. The Morgan fingerprint density at radius 3 is 1.62 bits per heavy atom. The lowest BCUT2D eigenvalue weighted by Gasteiger charge is -2.43. The standard InChI is InChI=1S/C26H32O2Si/c1-22(27-21-23-14-8-5-9-15-23)20-28-29(26(2,3)4,24-16-10-6-11-17-24)25-18-12-7-13-19-25/h5-19,22H,20-21H2,1-4H3/t22-/m1/s1. The molecule has 0 aliphatic carbocycles. The van der Waals surface area contributed by atoms with Gasteiger partial charge in [0.25, 0.3) is 8.32 Å². The summed E-state index contributed by atoms with van der Waals surface area (Å²) in [6.45, 7) is 10.2. The molecule has 2 nitrogen and oxygen atoms in total. The number of rotatable bonds is 8. The van der Waals surface area contributed by atoms with Crippen LogP contribution in [0.15, 0.2) is 91.0 Å². The first-order valence-electron chi connectivity index (χ1n) is 10.3. The molecule has 0 aliphatic heterocycles. The molecule has 152 valence electrons. The molecule has 0 fully saturated rings. The third kappa shape index (κ3) is 5.05. The molecule has 0 saturated carbocycles. The fourth-order valence-corrected chi connectivity index (χ4v) is 8.50. The zero-order chi connectivity index (χ0) is 20.7. The van der Waals surface area contributed by atoms with Crippen molar-refractivity contribution in [2.24, 2.45) is 0 Å². The van der Waals surface area contributed by atoms with E-state index in [1.165, 1.54) is 15.9 Å². The van der Waals surface area contributed by atoms with Crippen molar-refractivity contribution >= 4 is 18.7 Å². The van der Waals surface area contributed by atoms with Gasteiger partial charge in [-0.1, -0.05) is 112 Å². The summed E-state index contributed by atoms with van der Waals surface area (Å²) in [6, 6.07) is 31.8. The molecule has 0 bridgehead atoms. The van der Waals surface area contributed by atoms with Gasteiger partial charge in [0.1, 0.15) is 0 Å². The van der Waals surface area contributed by atoms with Crippen LogP contribution in [-0.2, 0) is 15.8 Å². The molecule has 0 unspecified atom stereocenters. The van der Waals surface area contributed by atoms with E-state index in [2.05, 4.69) is 100 Å². The molecule has 0 amide bonds. The predicted molar refractivity (Wildman–Crippen MR) is 124 cm³/mol. The van der Waals surface area contributed by atoms with Gasteiger partial charge in [-0.25, -0.2) is 0 Å². The molecule has 0 aromatic heterocycles. The summed E-state index contributed by atoms with van der Waals surface area (Å²) >= 11 is 0. The SMILES string of the molecule is C[C@H](CO[Si](c1ccccc1)(c1ccccc1)C(C)(C)C)OCc1ccccc1. The van der Waals surface area contributed by atoms with Crippen LogP contribution < -0.4 is 10.4 Å². The molecule has 29 heavy (non-hydrogen) atoms. The van der Waals surface area contributed by atoms with Gasteiger partial charge in [-0.2, -0.15) is 0 Å². The number of hydrogen-bond acceptors (Lipinski definition) is 2. The average Bonchev–Trinajstić information content (AvgIpc) is 2.74. The normalized spacial score (nSPS) is 13.2. The Kier molecular flexibility index (Phi) is 7.07. The molecule has 3 aromatic rings. The molecule has 0 N–H and O–H groups in total. The minimum Gasteiger partial charge on any atom is -0.405 e. The second-order valence-corrected chi connectivity index (χ2v) is 12.9. The molecule has 0 heterocycles. The fourth-order valence-electron chi connectivity index (χ4n) is 3.86. The largest absolute Gasteiger partial charge is 0.405 e. The first-order chi connectivity index (χ1) is 13.9. The smallest absolute Gasteiger partial charge is 0.261 e. The van der Waals surface area contributed by atoms with Crippen molar-refractivity contribution in [2.45, 2.75) is 45.4 Å². The van der Waals surface area contributed by atoms with Crippen molar-refractivity contribution in [3.8, 4) is 0 Å². The van der Waals surface area contributed by atoms with E-state index in [0.29, 0.717) is 13.2 Å². The third-order valence-corrected chi connectivity index (χ3v) is 10.3. The van der Waals surface area contributed by atoms with Crippen LogP contribution in [0, 0.1) is 0 Å². The van der Waals surface area contributed by atoms with Gasteiger partial charge < -0.3 is 9.16 Å². The molecule has 0 radical (unpaired) electrons. The first-order valence-corrected chi connectivity index (χ1v) is 12.2. The third-order valence-electron chi connectivity index (χ3n) is 5.33. The van der Waals surface area contributed by atoms with Crippen molar-refractivity contribution in [1.29, 1.82) is 0 Å². The summed E-state index contributed by atoms with van der Waals surface area (Å²) in [6.07, 6.45) is 0.0110. The van der Waals surface area contributed by atoms with E-state index in [1.54, 1.807) is 0 Å². The van der Waals surface area contributed by atoms with Crippen molar-refractivity contribution < 1.29 is 9.16 Å². The van der Waals surface area contributed by atoms with E-state index in [0.717, 1.165) is 0 Å². The minimum atomic E-state index is -2.50. The lowest BCUT2D eigenvalue weighted by Crippen LogP contribution is -2.67. The van der Waals surface area contributed by atoms with Crippen LogP contribution in [0.25, 0.3) is 0 Å². The van der Waals surface area contributed by atoms with Crippen molar-refractivity contribution in [1.82, 2.24) is 0 Å². The zero-order valence-electron chi connectivity index (χ0n) is 18.0. The maximum absolute atomic E-state index is 6.93. The van der Waals surface area contributed by atoms with E-state index in [1.807, 2.05) is 18.2 Å². The number of ether oxygens (including phenoxy) is 1. The summed E-state index contributed by atoms with van der Waals surface area (Å²) in [7, 11) is -2.50. The summed E-state index contributed by atoms with van der Waals surface area (Å²) in [5.74, 6) is 0. The molecule has 3 heteroatoms. The molecule has 0 aliphatic rings. The van der Waals surface area contributed by atoms with Crippen molar-refractivity contribution in [3.63, 3.8) is 0 Å². The predicted octanol–water partition coefficient (Wildman–Crippen LogP) is 5.17. The van der Waals surface area contributed by atoms with E-state index in [4.69, 9.17) is 9.16 Å². The van der Waals surface area contributed by atoms with Gasteiger partial charge in [-0.05, 0) is 27.9 Å². The minimum absolute atomic E-state index is 0.0110. The van der Waals surface area contributed by atoms with Gasteiger partial charge in [0.15, 0.2) is 0 Å². The van der Waals surface area contributed by atoms with Crippen LogP contribution in [0.3, 0.4) is 0 Å². The topological polar surface area (TPSA) is 18.5 Å². The molecule has 1 atom stereocenters. The van der Waals surface area contributed by atoms with Crippen molar-refractivity contribution in [2.75, 3.05) is 6.61 Å². The first kappa shape index (κ1) is 21.5. The molecule has 3 aromatic carbocycles. The van der Waals surface area contributed by atoms with Gasteiger partial charge in [-0.3, -0.25) is 0 Å². The lowest BCUT2D eigenvalue weighted by atomic mass is 10.2. The fraction of sp³-hybridized carbons (Fsp3) is 0.308. The van der Waals surface area contributed by atoms with Gasteiger partial charge in [0.05, 0.1) is 19.3 Å². The van der Waals surface area contributed by atoms with E-state index in [-0.39, 0.29) is 11.1 Å². The Balaban J connectivity index is 1.85. The molecular weight excluding hydrogens is 372 g/mol. The Labute approximate surface area is 176 Å². The molecular formula is C26H32O2Si. The highest BCUT2D eigenvalue weighted by molar-refractivity contribution is 6.99. The average molecular weight is 405 g/mol.